The average molecular weight is 518 g/mol. The van der Waals surface area contributed by atoms with Crippen LogP contribution >= 0.6 is 0 Å². The minimum absolute atomic E-state index is 0.0409. The van der Waals surface area contributed by atoms with Crippen molar-refractivity contribution in [3.05, 3.63) is 28.6 Å². The first-order valence-corrected chi connectivity index (χ1v) is 11.6. The van der Waals surface area contributed by atoms with Gasteiger partial charge in [0, 0.05) is 23.6 Å². The van der Waals surface area contributed by atoms with Crippen molar-refractivity contribution in [1.29, 1.82) is 0 Å². The molecular weight excluding hydrogens is 491 g/mol. The summed E-state index contributed by atoms with van der Waals surface area (Å²) in [6.07, 6.45) is -0.386. The van der Waals surface area contributed by atoms with Gasteiger partial charge in [-0.15, -0.1) is 0 Å². The molecule has 0 aliphatic heterocycles. The molecule has 0 bridgehead atoms. The van der Waals surface area contributed by atoms with Crippen LogP contribution in [0.25, 0.3) is 0 Å². The van der Waals surface area contributed by atoms with Gasteiger partial charge in [-0.05, 0) is 38.9 Å². The number of primary amides is 2. The number of nitrogens with zero attached hydrogens (tertiary/aromatic N) is 1. The number of ketones is 4. The normalized spacial score (nSPS) is 31.1. The van der Waals surface area contributed by atoms with E-state index < -0.39 is 87.4 Å². The molecule has 1 aromatic rings. The van der Waals surface area contributed by atoms with Gasteiger partial charge in [0.15, 0.2) is 34.7 Å². The quantitative estimate of drug-likeness (QED) is 0.252. The maximum atomic E-state index is 15.4. The first-order chi connectivity index (χ1) is 17.2. The molecule has 0 aromatic heterocycles. The van der Waals surface area contributed by atoms with Gasteiger partial charge in [-0.2, -0.15) is 0 Å². The third-order valence-electron chi connectivity index (χ3n) is 7.68. The lowest BCUT2D eigenvalue weighted by atomic mass is 9.52. The number of hydrogen-bond acceptors (Lipinski definition) is 10. The molecule has 6 atom stereocenters. The number of carbonyl (C=O) groups is 6. The summed E-state index contributed by atoms with van der Waals surface area (Å²) in [5, 5.41) is 24.7. The summed E-state index contributed by atoms with van der Waals surface area (Å²) in [6, 6.07) is -0.259. The molecule has 2 amide bonds. The number of phenols is 1. The van der Waals surface area contributed by atoms with Gasteiger partial charge in [-0.1, -0.05) is 0 Å². The van der Waals surface area contributed by atoms with Gasteiger partial charge in [0.1, 0.15) is 11.6 Å². The van der Waals surface area contributed by atoms with Crippen LogP contribution in [0.15, 0.2) is 6.07 Å². The van der Waals surface area contributed by atoms with Gasteiger partial charge in [-0.25, -0.2) is 4.39 Å². The van der Waals surface area contributed by atoms with E-state index in [1.165, 1.54) is 19.0 Å². The Kier molecular flexibility index (Phi) is 6.51. The zero-order valence-electron chi connectivity index (χ0n) is 20.1. The van der Waals surface area contributed by atoms with Gasteiger partial charge in [0.05, 0.1) is 24.1 Å². The van der Waals surface area contributed by atoms with E-state index in [0.29, 0.717) is 0 Å². The van der Waals surface area contributed by atoms with E-state index in [4.69, 9.17) is 11.5 Å². The van der Waals surface area contributed by atoms with E-state index in [2.05, 4.69) is 5.32 Å². The number of nitrogens with two attached hydrogens (primary N) is 2. The van der Waals surface area contributed by atoms with E-state index in [9.17, 15) is 39.0 Å². The minimum atomic E-state index is -2.84. The maximum absolute atomic E-state index is 15.4. The Balaban J connectivity index is 1.79. The number of carbonyl (C=O) groups excluding carboxylic acids is 6. The number of nitrogens with one attached hydrogen (secondary N) is 1. The van der Waals surface area contributed by atoms with E-state index in [1.54, 1.807) is 0 Å². The number of rotatable bonds is 6. The molecule has 13 heteroatoms. The highest BCUT2D eigenvalue weighted by atomic mass is 19.1. The van der Waals surface area contributed by atoms with Crippen molar-refractivity contribution >= 4 is 34.9 Å². The van der Waals surface area contributed by atoms with Crippen molar-refractivity contribution < 1.29 is 43.4 Å². The molecule has 0 radical (unpaired) electrons. The Morgan fingerprint density at radius 2 is 1.84 bits per heavy atom. The molecule has 4 rings (SSSR count). The van der Waals surface area contributed by atoms with Crippen LogP contribution in [0.5, 0.6) is 5.75 Å². The van der Waals surface area contributed by atoms with E-state index in [0.717, 1.165) is 6.07 Å². The van der Waals surface area contributed by atoms with Crippen molar-refractivity contribution in [3.63, 3.8) is 0 Å². The Bertz CT molecular complexity index is 1260. The number of halogens is 1. The molecule has 0 spiro atoms. The Morgan fingerprint density at radius 1 is 1.19 bits per heavy atom. The maximum Gasteiger partial charge on any atom is 0.235 e. The minimum Gasteiger partial charge on any atom is -0.507 e. The fourth-order valence-electron chi connectivity index (χ4n) is 6.16. The highest BCUT2D eigenvalue weighted by molar-refractivity contribution is 6.32. The summed E-state index contributed by atoms with van der Waals surface area (Å²) in [5.41, 5.74) is 6.86. The third-order valence-corrected chi connectivity index (χ3v) is 7.68. The van der Waals surface area contributed by atoms with Crippen molar-refractivity contribution in [1.82, 2.24) is 10.2 Å². The summed E-state index contributed by atoms with van der Waals surface area (Å²) in [5.74, 6) is -13.7. The van der Waals surface area contributed by atoms with Crippen molar-refractivity contribution in [2.24, 2.45) is 35.1 Å². The largest absolute Gasteiger partial charge is 0.507 e. The number of Topliss-reactive ketones (excluding diaryl/α,β-unsaturated/α-hetero) is 4. The van der Waals surface area contributed by atoms with Gasteiger partial charge in [-0.3, -0.25) is 33.7 Å². The van der Waals surface area contributed by atoms with Crippen LogP contribution in [0.1, 0.15) is 27.9 Å². The molecule has 3 aliphatic carbocycles. The SMILES string of the molecule is CN(C)[C@@H]1C(=O)C(C(N)=O)C(=O)[C@@]2(O)C(=O)C3C(=O)c4c(O)cc(CNCC(N)=O)c(F)c4C[C@H]3C[C@@H]12. The van der Waals surface area contributed by atoms with Crippen LogP contribution in [0, 0.1) is 29.5 Å². The van der Waals surface area contributed by atoms with E-state index >= 15 is 4.39 Å². The fraction of sp³-hybridized carbons (Fsp3) is 0.500. The number of aromatic hydroxyl groups is 1. The highest BCUT2D eigenvalue weighted by Gasteiger charge is 2.69. The molecule has 2 unspecified atom stereocenters. The lowest BCUT2D eigenvalue weighted by Gasteiger charge is -2.52. The third kappa shape index (κ3) is 3.85. The Hall–Kier alpha value is -3.55. The van der Waals surface area contributed by atoms with Crippen molar-refractivity contribution in [2.75, 3.05) is 20.6 Å². The van der Waals surface area contributed by atoms with Gasteiger partial charge >= 0.3 is 0 Å². The van der Waals surface area contributed by atoms with E-state index in [1.807, 2.05) is 0 Å². The number of aliphatic hydroxyl groups is 1. The van der Waals surface area contributed by atoms with Crippen LogP contribution in [-0.4, -0.2) is 82.3 Å². The van der Waals surface area contributed by atoms with Crippen LogP contribution in [0.2, 0.25) is 0 Å². The monoisotopic (exact) mass is 518 g/mol. The predicted molar refractivity (Wildman–Crippen MR) is 122 cm³/mol. The number of benzene rings is 1. The van der Waals surface area contributed by atoms with Gasteiger partial charge in [0.25, 0.3) is 0 Å². The number of fused-ring (bicyclic) bond motifs is 3. The number of phenolic OH excluding ortho intramolecular Hbond substituents is 1. The zero-order valence-corrected chi connectivity index (χ0v) is 20.1. The molecule has 2 fully saturated rings. The number of amides is 2. The average Bonchev–Trinajstić information content (AvgIpc) is 2.78. The lowest BCUT2D eigenvalue weighted by molar-refractivity contribution is -0.181. The van der Waals surface area contributed by atoms with Crippen LogP contribution in [0.3, 0.4) is 0 Å². The lowest BCUT2D eigenvalue weighted by Crippen LogP contribution is -2.74. The molecule has 7 N–H and O–H groups in total. The molecule has 198 valence electrons. The second-order valence-corrected chi connectivity index (χ2v) is 10.1. The van der Waals surface area contributed by atoms with Gasteiger partial charge < -0.3 is 27.0 Å². The highest BCUT2D eigenvalue weighted by Crippen LogP contribution is 2.51. The molecule has 12 nitrogen and oxygen atoms in total. The van der Waals surface area contributed by atoms with Crippen LogP contribution in [-0.2, 0) is 36.9 Å². The summed E-state index contributed by atoms with van der Waals surface area (Å²) in [4.78, 5) is 77.6. The molecular formula is C24H27FN4O8. The first-order valence-electron chi connectivity index (χ1n) is 11.6. The molecule has 1 aromatic carbocycles. The Morgan fingerprint density at radius 3 is 2.41 bits per heavy atom. The second kappa shape index (κ2) is 9.08. The number of likely N-dealkylation sites (N-methyl/N-ethyl adjacent to an activating group) is 1. The summed E-state index contributed by atoms with van der Waals surface area (Å²) >= 11 is 0. The number of hydrogen-bond donors (Lipinski definition) is 5. The summed E-state index contributed by atoms with van der Waals surface area (Å²) < 4.78 is 15.4. The smallest absolute Gasteiger partial charge is 0.235 e. The standard InChI is InChI=1S/C24H27FN4O8/c1-29(2)18-11-4-8-3-10-15(12(30)5-9(17(10)25)6-28-7-13(26)31)19(32)14(8)21(34)24(11,37)22(35)16(20(18)33)23(27)36/h5,8,11,14,16,18,28,30,37H,3-4,6-7H2,1-2H3,(H2,26,31)(H2,27,36)/t8-,11-,14?,16?,18-,24-/m0/s1. The van der Waals surface area contributed by atoms with E-state index in [-0.39, 0.29) is 37.1 Å². The predicted octanol–water partition coefficient (Wildman–Crippen LogP) is -2.42. The van der Waals surface area contributed by atoms with Gasteiger partial charge in [0.2, 0.25) is 11.8 Å². The topological polar surface area (TPSA) is 210 Å². The molecule has 0 heterocycles. The van der Waals surface area contributed by atoms with Crippen LogP contribution in [0.4, 0.5) is 4.39 Å². The summed E-state index contributed by atoms with van der Waals surface area (Å²) in [6.45, 7) is -0.435. The summed E-state index contributed by atoms with van der Waals surface area (Å²) in [7, 11) is 2.94. The Labute approximate surface area is 210 Å². The molecule has 3 aliphatic rings. The van der Waals surface area contributed by atoms with Crippen molar-refractivity contribution in [2.45, 2.75) is 31.0 Å². The second-order valence-electron chi connectivity index (χ2n) is 10.1. The van der Waals surface area contributed by atoms with Crippen LogP contribution < -0.4 is 16.8 Å². The molecule has 2 saturated carbocycles. The zero-order chi connectivity index (χ0) is 27.6. The first kappa shape index (κ1) is 26.5. The van der Waals surface area contributed by atoms with Crippen molar-refractivity contribution in [3.8, 4) is 5.75 Å². The molecule has 37 heavy (non-hydrogen) atoms. The fourth-order valence-corrected chi connectivity index (χ4v) is 6.16. The molecule has 0 saturated heterocycles.